The van der Waals surface area contributed by atoms with E-state index in [1.807, 2.05) is 27.7 Å². The maximum atomic E-state index is 14.3. The summed E-state index contributed by atoms with van der Waals surface area (Å²) in [4.78, 5) is 27.5. The Hall–Kier alpha value is -1.96. The lowest BCUT2D eigenvalue weighted by molar-refractivity contribution is -0.00803. The highest BCUT2D eigenvalue weighted by Crippen LogP contribution is 2.37. The molecule has 1 saturated heterocycles. The van der Waals surface area contributed by atoms with E-state index in [9.17, 15) is 14.0 Å². The summed E-state index contributed by atoms with van der Waals surface area (Å²) in [5.74, 6) is -0.978. The molecule has 1 aromatic rings. The Morgan fingerprint density at radius 3 is 2.68 bits per heavy atom. The summed E-state index contributed by atoms with van der Waals surface area (Å²) in [5, 5.41) is 2.17. The number of amides is 1. The van der Waals surface area contributed by atoms with Crippen molar-refractivity contribution in [2.75, 3.05) is 11.9 Å². The van der Waals surface area contributed by atoms with Crippen molar-refractivity contribution < 1.29 is 18.7 Å². The monoisotopic (exact) mass is 355 g/mol. The first-order valence-electron chi connectivity index (χ1n) is 8.73. The molecule has 8 heteroatoms. The fourth-order valence-corrected chi connectivity index (χ4v) is 2.84. The van der Waals surface area contributed by atoms with Gasteiger partial charge in [-0.3, -0.25) is 9.88 Å². The zero-order chi connectivity index (χ0) is 18.6. The molecule has 1 fully saturated rings. The van der Waals surface area contributed by atoms with Crippen molar-refractivity contribution in [1.29, 1.82) is 0 Å². The van der Waals surface area contributed by atoms with Crippen LogP contribution >= 0.6 is 0 Å². The van der Waals surface area contributed by atoms with Gasteiger partial charge < -0.3 is 9.47 Å². The Labute approximate surface area is 146 Å². The molecule has 1 unspecified atom stereocenters. The fourth-order valence-electron chi connectivity index (χ4n) is 2.84. The first kappa shape index (κ1) is 19.4. The quantitative estimate of drug-likeness (QED) is 0.792. The van der Waals surface area contributed by atoms with Crippen LogP contribution < -0.4 is 11.0 Å². The third-order valence-electron chi connectivity index (χ3n) is 4.76. The number of nitrogens with one attached hydrogen (secondary N) is 1. The van der Waals surface area contributed by atoms with Gasteiger partial charge in [-0.1, -0.05) is 33.6 Å². The molecule has 1 amide bonds. The molecular weight excluding hydrogens is 329 g/mol. The second-order valence-corrected chi connectivity index (χ2v) is 6.55. The van der Waals surface area contributed by atoms with E-state index in [-0.39, 0.29) is 24.5 Å². The van der Waals surface area contributed by atoms with Crippen LogP contribution in [0, 0.1) is 17.7 Å². The predicted octanol–water partition coefficient (Wildman–Crippen LogP) is 3.31. The maximum Gasteiger partial charge on any atom is 0.412 e. The summed E-state index contributed by atoms with van der Waals surface area (Å²) in [6.07, 6.45) is 2.25. The second-order valence-electron chi connectivity index (χ2n) is 6.55. The highest BCUT2D eigenvalue weighted by molar-refractivity contribution is 5.83. The number of carbonyl (C=O) groups excluding carboxylic acids is 1. The molecule has 0 radical (unpaired) electrons. The van der Waals surface area contributed by atoms with Crippen LogP contribution in [-0.2, 0) is 9.47 Å². The number of ether oxygens (including phenoxy) is 2. The van der Waals surface area contributed by atoms with Gasteiger partial charge in [0.2, 0.25) is 0 Å². The van der Waals surface area contributed by atoms with Gasteiger partial charge in [-0.05, 0) is 19.3 Å². The van der Waals surface area contributed by atoms with E-state index in [0.717, 1.165) is 30.0 Å². The van der Waals surface area contributed by atoms with Crippen LogP contribution in [0.25, 0.3) is 0 Å². The van der Waals surface area contributed by atoms with Crippen LogP contribution in [0.4, 0.5) is 15.0 Å². The molecule has 25 heavy (non-hydrogen) atoms. The zero-order valence-electron chi connectivity index (χ0n) is 15.1. The number of hydrogen-bond acceptors (Lipinski definition) is 5. The smallest absolute Gasteiger partial charge is 0.412 e. The minimum atomic E-state index is -0.826. The Kier molecular flexibility index (Phi) is 6.52. The maximum absolute atomic E-state index is 14.3. The van der Waals surface area contributed by atoms with Crippen LogP contribution in [-0.4, -0.2) is 28.4 Å². The number of nitrogens with zero attached hydrogens (tertiary/aromatic N) is 2. The largest absolute Gasteiger partial charge is 0.449 e. The lowest BCUT2D eigenvalue weighted by atomic mass is 9.93. The van der Waals surface area contributed by atoms with Gasteiger partial charge in [-0.2, -0.15) is 4.98 Å². The average Bonchev–Trinajstić information content (AvgIpc) is 2.82. The van der Waals surface area contributed by atoms with Gasteiger partial charge in [0.05, 0.1) is 18.9 Å². The highest BCUT2D eigenvalue weighted by atomic mass is 19.1. The lowest BCUT2D eigenvalue weighted by Crippen LogP contribution is -2.31. The van der Waals surface area contributed by atoms with Crippen molar-refractivity contribution in [3.05, 3.63) is 22.5 Å². The summed E-state index contributed by atoms with van der Waals surface area (Å²) >= 11 is 0. The molecule has 0 spiro atoms. The Morgan fingerprint density at radius 1 is 1.36 bits per heavy atom. The van der Waals surface area contributed by atoms with Crippen molar-refractivity contribution >= 4 is 11.9 Å². The lowest BCUT2D eigenvalue weighted by Gasteiger charge is -2.19. The third-order valence-corrected chi connectivity index (χ3v) is 4.76. The molecule has 0 aromatic carbocycles. The predicted molar refractivity (Wildman–Crippen MR) is 90.9 cm³/mol. The molecule has 1 aromatic heterocycles. The molecule has 2 heterocycles. The van der Waals surface area contributed by atoms with E-state index in [1.54, 1.807) is 0 Å². The molecule has 0 aliphatic carbocycles. The molecule has 4 atom stereocenters. The van der Waals surface area contributed by atoms with Crippen molar-refractivity contribution in [2.45, 2.75) is 59.3 Å². The van der Waals surface area contributed by atoms with E-state index in [2.05, 4.69) is 10.3 Å². The van der Waals surface area contributed by atoms with Crippen LogP contribution in [0.5, 0.6) is 0 Å². The average molecular weight is 355 g/mol. The SMILES string of the molecule is CCCCCOC(=O)Nc1nc(=O)n([C@@H]2O[C@H](C)[C@H](C)C2C)cc1F. The topological polar surface area (TPSA) is 82.5 Å². The van der Waals surface area contributed by atoms with Gasteiger partial charge in [0.25, 0.3) is 0 Å². The first-order valence-corrected chi connectivity index (χ1v) is 8.73. The second kappa shape index (κ2) is 8.42. The Balaban J connectivity index is 2.07. The zero-order valence-corrected chi connectivity index (χ0v) is 15.1. The first-order chi connectivity index (χ1) is 11.8. The molecule has 1 aliphatic rings. The number of halogens is 1. The number of aromatic nitrogens is 2. The van der Waals surface area contributed by atoms with Crippen molar-refractivity contribution in [3.63, 3.8) is 0 Å². The number of hydrogen-bond donors (Lipinski definition) is 1. The standard InChI is InChI=1S/C17H26FN3O4/c1-5-6-7-8-24-17(23)20-14-13(18)9-21(16(22)19-14)15-11(3)10(2)12(4)25-15/h9-12,15H,5-8H2,1-4H3,(H,19,20,22,23)/t10-,11?,12-,15-/m1/s1. The van der Waals surface area contributed by atoms with Crippen molar-refractivity contribution in [3.8, 4) is 0 Å². The highest BCUT2D eigenvalue weighted by Gasteiger charge is 2.38. The molecule has 2 rings (SSSR count). The van der Waals surface area contributed by atoms with E-state index in [1.165, 1.54) is 0 Å². The summed E-state index contributed by atoms with van der Waals surface area (Å²) in [6.45, 7) is 8.16. The Bertz CT molecular complexity index is 664. The third kappa shape index (κ3) is 4.56. The number of rotatable bonds is 6. The molecular formula is C17H26FN3O4. The van der Waals surface area contributed by atoms with Crippen LogP contribution in [0.15, 0.2) is 11.0 Å². The van der Waals surface area contributed by atoms with E-state index in [4.69, 9.17) is 9.47 Å². The number of anilines is 1. The normalized spacial score (nSPS) is 25.8. The molecule has 1 N–H and O–H groups in total. The fraction of sp³-hybridized carbons (Fsp3) is 0.706. The number of carbonyl (C=O) groups is 1. The van der Waals surface area contributed by atoms with Crippen LogP contribution in [0.1, 0.15) is 53.2 Å². The Morgan fingerprint density at radius 2 is 2.08 bits per heavy atom. The molecule has 0 bridgehead atoms. The minimum Gasteiger partial charge on any atom is -0.449 e. The summed E-state index contributed by atoms with van der Waals surface area (Å²) < 4.78 is 26.1. The van der Waals surface area contributed by atoms with Crippen LogP contribution in [0.2, 0.25) is 0 Å². The van der Waals surface area contributed by atoms with Gasteiger partial charge in [-0.15, -0.1) is 0 Å². The molecule has 7 nitrogen and oxygen atoms in total. The van der Waals surface area contributed by atoms with Gasteiger partial charge in [0, 0.05) is 5.92 Å². The van der Waals surface area contributed by atoms with Gasteiger partial charge in [0.15, 0.2) is 11.6 Å². The molecule has 0 saturated carbocycles. The van der Waals surface area contributed by atoms with E-state index < -0.39 is 29.6 Å². The molecule has 1 aliphatic heterocycles. The van der Waals surface area contributed by atoms with Gasteiger partial charge >= 0.3 is 11.8 Å². The minimum absolute atomic E-state index is 0.0362. The van der Waals surface area contributed by atoms with Gasteiger partial charge in [0.1, 0.15) is 6.23 Å². The van der Waals surface area contributed by atoms with Crippen LogP contribution in [0.3, 0.4) is 0 Å². The van der Waals surface area contributed by atoms with Crippen molar-refractivity contribution in [1.82, 2.24) is 9.55 Å². The van der Waals surface area contributed by atoms with E-state index in [0.29, 0.717) is 0 Å². The molecule has 140 valence electrons. The van der Waals surface area contributed by atoms with E-state index >= 15 is 0 Å². The number of unbranched alkanes of at least 4 members (excludes halogenated alkanes) is 2. The van der Waals surface area contributed by atoms with Crippen molar-refractivity contribution in [2.24, 2.45) is 11.8 Å². The summed E-state index contributed by atoms with van der Waals surface area (Å²) in [7, 11) is 0. The summed E-state index contributed by atoms with van der Waals surface area (Å²) in [5.41, 5.74) is -0.680. The van der Waals surface area contributed by atoms with Gasteiger partial charge in [-0.25, -0.2) is 14.0 Å². The summed E-state index contributed by atoms with van der Waals surface area (Å²) in [6, 6.07) is 0.